The minimum atomic E-state index is 0.197. The predicted molar refractivity (Wildman–Crippen MR) is 82.7 cm³/mol. The van der Waals surface area contributed by atoms with Crippen molar-refractivity contribution in [1.82, 2.24) is 5.32 Å². The Bertz CT molecular complexity index is 371. The molecule has 19 heavy (non-hydrogen) atoms. The summed E-state index contributed by atoms with van der Waals surface area (Å²) in [5, 5.41) is 12.5. The summed E-state index contributed by atoms with van der Waals surface area (Å²) in [5.41, 5.74) is 1.50. The van der Waals surface area contributed by atoms with Crippen molar-refractivity contribution in [2.75, 3.05) is 13.6 Å². The van der Waals surface area contributed by atoms with Crippen LogP contribution >= 0.6 is 0 Å². The maximum atomic E-state index is 9.28. The zero-order valence-electron chi connectivity index (χ0n) is 12.4. The first kappa shape index (κ1) is 15.8. The van der Waals surface area contributed by atoms with E-state index in [-0.39, 0.29) is 5.41 Å². The van der Waals surface area contributed by atoms with Crippen LogP contribution in [-0.4, -0.2) is 18.7 Å². The Morgan fingerprint density at radius 1 is 1.05 bits per heavy atom. The van der Waals surface area contributed by atoms with Gasteiger partial charge in [0.2, 0.25) is 0 Å². The number of likely N-dealkylation sites (N-methyl/N-ethyl adjacent to an activating group) is 1. The van der Waals surface area contributed by atoms with Crippen LogP contribution < -0.4 is 5.32 Å². The molecule has 0 saturated heterocycles. The average molecular weight is 261 g/mol. The molecule has 2 heteroatoms. The van der Waals surface area contributed by atoms with Crippen molar-refractivity contribution in [3.05, 3.63) is 42.0 Å². The van der Waals surface area contributed by atoms with Gasteiger partial charge in [0.25, 0.3) is 0 Å². The normalized spacial score (nSPS) is 15.9. The summed E-state index contributed by atoms with van der Waals surface area (Å²) < 4.78 is 0. The number of hydrogen-bond donors (Lipinski definition) is 2. The van der Waals surface area contributed by atoms with Gasteiger partial charge in [-0.05, 0) is 37.6 Å². The first-order valence-electron chi connectivity index (χ1n) is 7.27. The number of unbranched alkanes of at least 4 members (excludes halogenated alkanes) is 1. The topological polar surface area (TPSA) is 32.3 Å². The van der Waals surface area contributed by atoms with Crippen LogP contribution in [0.25, 0.3) is 0 Å². The maximum absolute atomic E-state index is 9.28. The lowest BCUT2D eigenvalue weighted by Gasteiger charge is -2.29. The Morgan fingerprint density at radius 2 is 1.58 bits per heavy atom. The van der Waals surface area contributed by atoms with Crippen molar-refractivity contribution in [2.45, 2.75) is 44.9 Å². The molecule has 0 amide bonds. The molecule has 1 aromatic carbocycles. The van der Waals surface area contributed by atoms with Gasteiger partial charge >= 0.3 is 0 Å². The largest absolute Gasteiger partial charge is 0.508 e. The molecule has 0 bridgehead atoms. The lowest BCUT2D eigenvalue weighted by molar-refractivity contribution is 0.433. The second-order valence-electron chi connectivity index (χ2n) is 5.24. The first-order valence-corrected chi connectivity index (χ1v) is 7.27. The standard InChI is InChI=1S/C13H17NO.C4H10/c1-14-10-13(8-2-3-9-13)11-4-6-12(15)7-5-11;1-3-4-2/h2-7,14-15H,8-10H2,1H3;3-4H2,1-2H3. The third-order valence-corrected chi connectivity index (χ3v) is 3.68. The van der Waals surface area contributed by atoms with E-state index in [1.165, 1.54) is 18.4 Å². The van der Waals surface area contributed by atoms with Crippen LogP contribution in [0.2, 0.25) is 0 Å². The molecule has 0 aliphatic heterocycles. The van der Waals surface area contributed by atoms with Crippen molar-refractivity contribution < 1.29 is 5.11 Å². The molecule has 0 saturated carbocycles. The van der Waals surface area contributed by atoms with Crippen molar-refractivity contribution in [3.8, 4) is 5.75 Å². The van der Waals surface area contributed by atoms with Gasteiger partial charge in [0.15, 0.2) is 0 Å². The number of rotatable bonds is 4. The van der Waals surface area contributed by atoms with E-state index in [1.807, 2.05) is 19.2 Å². The molecule has 2 nitrogen and oxygen atoms in total. The lowest BCUT2D eigenvalue weighted by Crippen LogP contribution is -2.34. The number of phenols is 1. The zero-order chi connectivity index (χ0) is 14.1. The summed E-state index contributed by atoms with van der Waals surface area (Å²) in [5.74, 6) is 0.337. The molecule has 1 aliphatic carbocycles. The van der Waals surface area contributed by atoms with Gasteiger partial charge in [-0.2, -0.15) is 0 Å². The summed E-state index contributed by atoms with van der Waals surface area (Å²) in [4.78, 5) is 0. The SMILES string of the molecule is CCCC.CNCC1(c2ccc(O)cc2)CC=CC1. The molecule has 0 aromatic heterocycles. The molecule has 106 valence electrons. The van der Waals surface area contributed by atoms with Crippen LogP contribution in [0.15, 0.2) is 36.4 Å². The smallest absolute Gasteiger partial charge is 0.115 e. The number of aromatic hydroxyl groups is 1. The molecular formula is C17H27NO. The van der Waals surface area contributed by atoms with E-state index in [2.05, 4.69) is 31.3 Å². The van der Waals surface area contributed by atoms with E-state index in [0.717, 1.165) is 19.4 Å². The third-order valence-electron chi connectivity index (χ3n) is 3.68. The van der Waals surface area contributed by atoms with Crippen LogP contribution in [0, 0.1) is 0 Å². The highest BCUT2D eigenvalue weighted by atomic mass is 16.3. The van der Waals surface area contributed by atoms with Crippen molar-refractivity contribution in [3.63, 3.8) is 0 Å². The van der Waals surface area contributed by atoms with Gasteiger partial charge in [-0.15, -0.1) is 0 Å². The Labute approximate surface area is 117 Å². The summed E-state index contributed by atoms with van der Waals surface area (Å²) in [6, 6.07) is 7.59. The number of nitrogens with one attached hydrogen (secondary N) is 1. The Balaban J connectivity index is 0.000000399. The van der Waals surface area contributed by atoms with Crippen LogP contribution in [0.1, 0.15) is 45.1 Å². The van der Waals surface area contributed by atoms with Gasteiger partial charge in [0, 0.05) is 12.0 Å². The third kappa shape index (κ3) is 4.39. The molecule has 2 N–H and O–H groups in total. The predicted octanol–water partition coefficient (Wildman–Crippen LogP) is 4.01. The number of benzene rings is 1. The van der Waals surface area contributed by atoms with Crippen LogP contribution in [0.3, 0.4) is 0 Å². The van der Waals surface area contributed by atoms with Gasteiger partial charge in [-0.3, -0.25) is 0 Å². The second-order valence-corrected chi connectivity index (χ2v) is 5.24. The summed E-state index contributed by atoms with van der Waals surface area (Å²) in [6.45, 7) is 5.34. The molecular weight excluding hydrogens is 234 g/mol. The quantitative estimate of drug-likeness (QED) is 0.803. The number of phenolic OH excluding ortho intramolecular Hbond substituents is 1. The molecule has 2 rings (SSSR count). The first-order chi connectivity index (χ1) is 9.18. The van der Waals surface area contributed by atoms with E-state index < -0.39 is 0 Å². The maximum Gasteiger partial charge on any atom is 0.115 e. The minimum Gasteiger partial charge on any atom is -0.508 e. The van der Waals surface area contributed by atoms with E-state index in [9.17, 15) is 5.11 Å². The van der Waals surface area contributed by atoms with Crippen molar-refractivity contribution in [2.24, 2.45) is 0 Å². The van der Waals surface area contributed by atoms with Crippen LogP contribution in [-0.2, 0) is 5.41 Å². The molecule has 1 aliphatic rings. The molecule has 0 heterocycles. The van der Waals surface area contributed by atoms with Gasteiger partial charge in [-0.1, -0.05) is 51.0 Å². The lowest BCUT2D eigenvalue weighted by atomic mass is 9.78. The Morgan fingerprint density at radius 3 is 2.00 bits per heavy atom. The van der Waals surface area contributed by atoms with Crippen molar-refractivity contribution in [1.29, 1.82) is 0 Å². The number of allylic oxidation sites excluding steroid dienone is 2. The summed E-state index contributed by atoms with van der Waals surface area (Å²) >= 11 is 0. The molecule has 1 aromatic rings. The highest BCUT2D eigenvalue weighted by molar-refractivity contribution is 5.35. The molecule has 0 radical (unpaired) electrons. The zero-order valence-corrected chi connectivity index (χ0v) is 12.4. The molecule has 0 fully saturated rings. The van der Waals surface area contributed by atoms with Gasteiger partial charge < -0.3 is 10.4 Å². The van der Waals surface area contributed by atoms with E-state index >= 15 is 0 Å². The Hall–Kier alpha value is -1.28. The monoisotopic (exact) mass is 261 g/mol. The molecule has 0 spiro atoms. The van der Waals surface area contributed by atoms with E-state index in [0.29, 0.717) is 5.75 Å². The second kappa shape index (κ2) is 8.00. The summed E-state index contributed by atoms with van der Waals surface area (Å²) in [7, 11) is 1.99. The highest BCUT2D eigenvalue weighted by Gasteiger charge is 2.31. The van der Waals surface area contributed by atoms with Gasteiger partial charge in [0.1, 0.15) is 5.75 Å². The van der Waals surface area contributed by atoms with Crippen LogP contribution in [0.4, 0.5) is 0 Å². The van der Waals surface area contributed by atoms with Crippen LogP contribution in [0.5, 0.6) is 5.75 Å². The Kier molecular flexibility index (Phi) is 6.65. The minimum absolute atomic E-state index is 0.197. The highest BCUT2D eigenvalue weighted by Crippen LogP contribution is 2.36. The fourth-order valence-corrected chi connectivity index (χ4v) is 2.34. The van der Waals surface area contributed by atoms with Gasteiger partial charge in [0.05, 0.1) is 0 Å². The van der Waals surface area contributed by atoms with E-state index in [1.54, 1.807) is 12.1 Å². The molecule has 0 unspecified atom stereocenters. The fraction of sp³-hybridized carbons (Fsp3) is 0.529. The molecule has 0 atom stereocenters. The number of hydrogen-bond acceptors (Lipinski definition) is 2. The fourth-order valence-electron chi connectivity index (χ4n) is 2.34. The summed E-state index contributed by atoms with van der Waals surface area (Å²) in [6.07, 6.45) is 9.28. The van der Waals surface area contributed by atoms with Crippen molar-refractivity contribution >= 4 is 0 Å². The van der Waals surface area contributed by atoms with E-state index in [4.69, 9.17) is 0 Å². The van der Waals surface area contributed by atoms with Gasteiger partial charge in [-0.25, -0.2) is 0 Å². The average Bonchev–Trinajstić information content (AvgIpc) is 2.90.